The zero-order valence-corrected chi connectivity index (χ0v) is 9.42. The minimum Gasteiger partial charge on any atom is -0.343 e. The van der Waals surface area contributed by atoms with Gasteiger partial charge in [-0.3, -0.25) is 0 Å². The number of aromatic nitrogens is 2. The van der Waals surface area contributed by atoms with Gasteiger partial charge in [0.2, 0.25) is 5.95 Å². The molecule has 0 saturated heterocycles. The fourth-order valence-corrected chi connectivity index (χ4v) is 1.44. The molecule has 78 valence electrons. The average Bonchev–Trinajstić information content (AvgIpc) is 2.26. The maximum Gasteiger partial charge on any atom is 0.225 e. The fraction of sp³-hybridized carbons (Fsp3) is 0.556. The van der Waals surface area contributed by atoms with Crippen LogP contribution in [0.4, 0.5) is 5.95 Å². The smallest absolute Gasteiger partial charge is 0.225 e. The molecule has 0 aliphatic rings. The van der Waals surface area contributed by atoms with Gasteiger partial charge in [-0.25, -0.2) is 9.97 Å². The third-order valence-electron chi connectivity index (χ3n) is 1.90. The lowest BCUT2D eigenvalue weighted by Crippen LogP contribution is -2.22. The largest absolute Gasteiger partial charge is 0.343 e. The van der Waals surface area contributed by atoms with E-state index >= 15 is 0 Å². The van der Waals surface area contributed by atoms with Crippen LogP contribution in [0, 0.1) is 0 Å². The van der Waals surface area contributed by atoms with E-state index in [1.807, 2.05) is 23.7 Å². The molecule has 0 fully saturated rings. The normalized spacial score (nSPS) is 10.2. The number of hydrogen-bond donors (Lipinski definition) is 1. The fourth-order valence-electron chi connectivity index (χ4n) is 0.979. The van der Waals surface area contributed by atoms with Crippen molar-refractivity contribution < 1.29 is 0 Å². The van der Waals surface area contributed by atoms with Crippen LogP contribution in [0.1, 0.15) is 5.56 Å². The molecule has 0 spiro atoms. The lowest BCUT2D eigenvalue weighted by Gasteiger charge is -2.15. The van der Waals surface area contributed by atoms with Gasteiger partial charge in [-0.15, -0.1) is 0 Å². The lowest BCUT2D eigenvalue weighted by molar-refractivity contribution is 0.893. The summed E-state index contributed by atoms with van der Waals surface area (Å²) in [5, 5.41) is 0. The molecular formula is C9H16N4S. The van der Waals surface area contributed by atoms with E-state index in [2.05, 4.69) is 16.2 Å². The Morgan fingerprint density at radius 3 is 2.57 bits per heavy atom. The van der Waals surface area contributed by atoms with Gasteiger partial charge >= 0.3 is 0 Å². The van der Waals surface area contributed by atoms with Crippen molar-refractivity contribution in [1.29, 1.82) is 0 Å². The zero-order chi connectivity index (χ0) is 10.4. The zero-order valence-electron chi connectivity index (χ0n) is 8.60. The van der Waals surface area contributed by atoms with Gasteiger partial charge in [0.25, 0.3) is 0 Å². The van der Waals surface area contributed by atoms with Crippen molar-refractivity contribution in [1.82, 2.24) is 9.97 Å². The molecule has 1 aromatic rings. The Bertz CT molecular complexity index is 262. The second kappa shape index (κ2) is 5.82. The van der Waals surface area contributed by atoms with Crippen molar-refractivity contribution in [2.24, 2.45) is 5.73 Å². The van der Waals surface area contributed by atoms with Crippen molar-refractivity contribution in [3.63, 3.8) is 0 Å². The molecule has 4 nitrogen and oxygen atoms in total. The maximum absolute atomic E-state index is 5.46. The summed E-state index contributed by atoms with van der Waals surface area (Å²) in [4.78, 5) is 10.5. The molecule has 0 saturated carbocycles. The van der Waals surface area contributed by atoms with Gasteiger partial charge in [-0.2, -0.15) is 11.8 Å². The SMILES string of the molecule is CSCCN(C)c1ncc(CN)cn1. The van der Waals surface area contributed by atoms with Gasteiger partial charge in [0, 0.05) is 43.8 Å². The summed E-state index contributed by atoms with van der Waals surface area (Å²) in [6.07, 6.45) is 5.64. The minimum absolute atomic E-state index is 0.495. The van der Waals surface area contributed by atoms with E-state index in [0.717, 1.165) is 23.8 Å². The van der Waals surface area contributed by atoms with Crippen LogP contribution in [0.25, 0.3) is 0 Å². The highest BCUT2D eigenvalue weighted by Gasteiger charge is 2.02. The Morgan fingerprint density at radius 2 is 2.07 bits per heavy atom. The van der Waals surface area contributed by atoms with E-state index in [1.165, 1.54) is 0 Å². The lowest BCUT2D eigenvalue weighted by atomic mass is 10.3. The summed E-state index contributed by atoms with van der Waals surface area (Å²) in [6.45, 7) is 1.46. The number of hydrogen-bond acceptors (Lipinski definition) is 5. The number of thioether (sulfide) groups is 1. The molecule has 0 aliphatic carbocycles. The molecule has 0 radical (unpaired) electrons. The topological polar surface area (TPSA) is 55.0 Å². The van der Waals surface area contributed by atoms with Crippen LogP contribution >= 0.6 is 11.8 Å². The number of rotatable bonds is 5. The van der Waals surface area contributed by atoms with Crippen molar-refractivity contribution >= 4 is 17.7 Å². The maximum atomic E-state index is 5.46. The number of nitrogens with two attached hydrogens (primary N) is 1. The standard InChI is InChI=1S/C9H16N4S/c1-13(3-4-14-2)9-11-6-8(5-10)7-12-9/h6-7H,3-5,10H2,1-2H3. The molecule has 1 rings (SSSR count). The second-order valence-corrected chi connectivity index (χ2v) is 4.00. The van der Waals surface area contributed by atoms with E-state index in [9.17, 15) is 0 Å². The first-order valence-corrected chi connectivity index (χ1v) is 5.88. The quantitative estimate of drug-likeness (QED) is 0.780. The third kappa shape index (κ3) is 3.16. The summed E-state index contributed by atoms with van der Waals surface area (Å²) in [5.74, 6) is 1.84. The van der Waals surface area contributed by atoms with Crippen molar-refractivity contribution in [2.45, 2.75) is 6.54 Å². The molecule has 0 aliphatic heterocycles. The van der Waals surface area contributed by atoms with E-state index in [1.54, 1.807) is 12.4 Å². The van der Waals surface area contributed by atoms with Gasteiger partial charge < -0.3 is 10.6 Å². The summed E-state index contributed by atoms with van der Waals surface area (Å²) in [6, 6.07) is 0. The van der Waals surface area contributed by atoms with Gasteiger partial charge in [0.15, 0.2) is 0 Å². The Balaban J connectivity index is 2.57. The van der Waals surface area contributed by atoms with Gasteiger partial charge in [-0.05, 0) is 6.26 Å². The van der Waals surface area contributed by atoms with Crippen LogP contribution in [0.3, 0.4) is 0 Å². The third-order valence-corrected chi connectivity index (χ3v) is 2.49. The van der Waals surface area contributed by atoms with Crippen LogP contribution in [0.2, 0.25) is 0 Å². The van der Waals surface area contributed by atoms with Crippen molar-refractivity contribution in [3.05, 3.63) is 18.0 Å². The number of anilines is 1. The van der Waals surface area contributed by atoms with Crippen LogP contribution < -0.4 is 10.6 Å². The van der Waals surface area contributed by atoms with E-state index in [-0.39, 0.29) is 0 Å². The summed E-state index contributed by atoms with van der Waals surface area (Å²) < 4.78 is 0. The van der Waals surface area contributed by atoms with Crippen molar-refractivity contribution in [2.75, 3.05) is 30.5 Å². The molecule has 0 atom stereocenters. The molecule has 0 amide bonds. The van der Waals surface area contributed by atoms with E-state index in [0.29, 0.717) is 6.54 Å². The molecule has 0 aromatic carbocycles. The summed E-state index contributed by atoms with van der Waals surface area (Å²) in [5.41, 5.74) is 6.42. The van der Waals surface area contributed by atoms with Gasteiger partial charge in [0.1, 0.15) is 0 Å². The summed E-state index contributed by atoms with van der Waals surface area (Å²) in [7, 11) is 1.99. The monoisotopic (exact) mass is 212 g/mol. The van der Waals surface area contributed by atoms with Crippen LogP contribution in [-0.4, -0.2) is 35.6 Å². The highest BCUT2D eigenvalue weighted by atomic mass is 32.2. The predicted octanol–water partition coefficient (Wildman–Crippen LogP) is 0.734. The second-order valence-electron chi connectivity index (χ2n) is 3.01. The van der Waals surface area contributed by atoms with Crippen LogP contribution in [0.5, 0.6) is 0 Å². The Kier molecular flexibility index (Phi) is 4.69. The first kappa shape index (κ1) is 11.3. The molecule has 2 N–H and O–H groups in total. The highest BCUT2D eigenvalue weighted by Crippen LogP contribution is 2.05. The Hall–Kier alpha value is -0.810. The highest BCUT2D eigenvalue weighted by molar-refractivity contribution is 7.98. The number of nitrogens with zero attached hydrogens (tertiary/aromatic N) is 3. The Morgan fingerprint density at radius 1 is 1.43 bits per heavy atom. The molecule has 5 heteroatoms. The van der Waals surface area contributed by atoms with Crippen LogP contribution in [0.15, 0.2) is 12.4 Å². The average molecular weight is 212 g/mol. The first-order chi connectivity index (χ1) is 6.77. The molecule has 1 aromatic heterocycles. The van der Waals surface area contributed by atoms with Gasteiger partial charge in [0.05, 0.1) is 0 Å². The predicted molar refractivity (Wildman–Crippen MR) is 61.6 cm³/mol. The molecule has 0 bridgehead atoms. The summed E-state index contributed by atoms with van der Waals surface area (Å²) >= 11 is 1.82. The van der Waals surface area contributed by atoms with Crippen molar-refractivity contribution in [3.8, 4) is 0 Å². The first-order valence-electron chi connectivity index (χ1n) is 4.49. The van der Waals surface area contributed by atoms with Crippen LogP contribution in [-0.2, 0) is 6.54 Å². The van der Waals surface area contributed by atoms with E-state index in [4.69, 9.17) is 5.73 Å². The molecule has 1 heterocycles. The minimum atomic E-state index is 0.495. The van der Waals surface area contributed by atoms with Gasteiger partial charge in [-0.1, -0.05) is 0 Å². The Labute approximate surface area is 88.9 Å². The molecular weight excluding hydrogens is 196 g/mol. The molecule has 14 heavy (non-hydrogen) atoms. The molecule has 0 unspecified atom stereocenters. The van der Waals surface area contributed by atoms with E-state index < -0.39 is 0 Å².